The van der Waals surface area contributed by atoms with Gasteiger partial charge in [-0.2, -0.15) is 0 Å². The van der Waals surface area contributed by atoms with Crippen LogP contribution in [0.15, 0.2) is 12.1 Å². The third kappa shape index (κ3) is 1.41. The molecular formula is C9H7ClFN. The van der Waals surface area contributed by atoms with Crippen LogP contribution in [0.2, 0.25) is 5.02 Å². The van der Waals surface area contributed by atoms with Gasteiger partial charge in [-0.1, -0.05) is 24.6 Å². The van der Waals surface area contributed by atoms with E-state index in [0.717, 1.165) is 0 Å². The molecule has 0 saturated heterocycles. The highest BCUT2D eigenvalue weighted by atomic mass is 35.5. The Bertz CT molecular complexity index is 341. The zero-order valence-corrected chi connectivity index (χ0v) is 7.32. The molecule has 1 nitrogen and oxygen atoms in total. The summed E-state index contributed by atoms with van der Waals surface area (Å²) < 4.78 is 13.0. The maximum absolute atomic E-state index is 13.0. The van der Waals surface area contributed by atoms with Crippen LogP contribution in [0.4, 0.5) is 10.1 Å². The second kappa shape index (κ2) is 3.55. The average molecular weight is 184 g/mol. The molecule has 0 N–H and O–H groups in total. The third-order valence-electron chi connectivity index (χ3n) is 1.64. The van der Waals surface area contributed by atoms with Crippen molar-refractivity contribution in [3.63, 3.8) is 0 Å². The molecule has 0 bridgehead atoms. The SMILES string of the molecule is [C-]#[N+]c1ccc(F)c(CC)c1Cl. The van der Waals surface area contributed by atoms with Gasteiger partial charge in [0.1, 0.15) is 5.82 Å². The molecule has 3 heteroatoms. The topological polar surface area (TPSA) is 4.36 Å². The maximum atomic E-state index is 13.0. The fraction of sp³-hybridized carbons (Fsp3) is 0.222. The van der Waals surface area contributed by atoms with Crippen molar-refractivity contribution in [3.8, 4) is 0 Å². The van der Waals surface area contributed by atoms with Crippen molar-refractivity contribution in [2.24, 2.45) is 0 Å². The lowest BCUT2D eigenvalue weighted by atomic mass is 10.1. The molecule has 0 aliphatic carbocycles. The van der Waals surface area contributed by atoms with E-state index in [0.29, 0.717) is 17.7 Å². The average Bonchev–Trinajstić information content (AvgIpc) is 2.06. The van der Waals surface area contributed by atoms with Gasteiger partial charge in [-0.3, -0.25) is 0 Å². The Labute approximate surface area is 75.6 Å². The number of rotatable bonds is 1. The predicted octanol–water partition coefficient (Wildman–Crippen LogP) is 3.59. The first-order chi connectivity index (χ1) is 5.70. The molecule has 0 atom stereocenters. The molecule has 0 aromatic heterocycles. The minimum absolute atomic E-state index is 0.243. The molecule has 0 saturated carbocycles. The number of benzene rings is 1. The van der Waals surface area contributed by atoms with Gasteiger partial charge in [0.05, 0.1) is 11.6 Å². The van der Waals surface area contributed by atoms with Gasteiger partial charge in [-0.05, 0) is 18.1 Å². The van der Waals surface area contributed by atoms with Crippen molar-refractivity contribution in [2.75, 3.05) is 0 Å². The van der Waals surface area contributed by atoms with Gasteiger partial charge in [-0.15, -0.1) is 0 Å². The van der Waals surface area contributed by atoms with Gasteiger partial charge < -0.3 is 0 Å². The van der Waals surface area contributed by atoms with Crippen molar-refractivity contribution in [2.45, 2.75) is 13.3 Å². The van der Waals surface area contributed by atoms with Crippen LogP contribution in [0.25, 0.3) is 4.85 Å². The normalized spacial score (nSPS) is 9.50. The molecule has 0 heterocycles. The Kier molecular flexibility index (Phi) is 2.67. The van der Waals surface area contributed by atoms with Crippen molar-refractivity contribution in [1.29, 1.82) is 0 Å². The zero-order chi connectivity index (χ0) is 9.14. The minimum Gasteiger partial charge on any atom is -0.237 e. The molecule has 0 radical (unpaired) electrons. The lowest BCUT2D eigenvalue weighted by Crippen LogP contribution is -1.88. The van der Waals surface area contributed by atoms with E-state index >= 15 is 0 Å². The molecule has 0 fully saturated rings. The van der Waals surface area contributed by atoms with Crippen LogP contribution in [0.1, 0.15) is 12.5 Å². The summed E-state index contributed by atoms with van der Waals surface area (Å²) in [6.07, 6.45) is 0.508. The fourth-order valence-corrected chi connectivity index (χ4v) is 1.32. The lowest BCUT2D eigenvalue weighted by Gasteiger charge is -2.03. The van der Waals surface area contributed by atoms with Gasteiger partial charge in [0.2, 0.25) is 5.69 Å². The highest BCUT2D eigenvalue weighted by Crippen LogP contribution is 2.30. The monoisotopic (exact) mass is 183 g/mol. The third-order valence-corrected chi connectivity index (χ3v) is 2.06. The molecule has 0 aliphatic rings. The highest BCUT2D eigenvalue weighted by Gasteiger charge is 2.08. The van der Waals surface area contributed by atoms with Gasteiger partial charge in [0, 0.05) is 0 Å². The second-order valence-corrected chi connectivity index (χ2v) is 2.70. The first-order valence-electron chi connectivity index (χ1n) is 3.55. The molecule has 0 unspecified atom stereocenters. The fourth-order valence-electron chi connectivity index (χ4n) is 0.996. The van der Waals surface area contributed by atoms with Crippen LogP contribution in [-0.4, -0.2) is 0 Å². The van der Waals surface area contributed by atoms with Crippen LogP contribution < -0.4 is 0 Å². The zero-order valence-electron chi connectivity index (χ0n) is 6.56. The molecule has 1 aromatic rings. The van der Waals surface area contributed by atoms with Gasteiger partial charge in [0.25, 0.3) is 0 Å². The predicted molar refractivity (Wildman–Crippen MR) is 47.1 cm³/mol. The van der Waals surface area contributed by atoms with Crippen LogP contribution in [-0.2, 0) is 6.42 Å². The van der Waals surface area contributed by atoms with Crippen LogP contribution in [0.3, 0.4) is 0 Å². The molecular weight excluding hydrogens is 177 g/mol. The van der Waals surface area contributed by atoms with Crippen molar-refractivity contribution in [3.05, 3.63) is 40.0 Å². The summed E-state index contributed by atoms with van der Waals surface area (Å²) in [4.78, 5) is 3.17. The highest BCUT2D eigenvalue weighted by molar-refractivity contribution is 6.34. The summed E-state index contributed by atoms with van der Waals surface area (Å²) in [5, 5.41) is 0.243. The molecule has 62 valence electrons. The first kappa shape index (κ1) is 9.02. The summed E-state index contributed by atoms with van der Waals surface area (Å²) in [5.74, 6) is -0.338. The number of hydrogen-bond donors (Lipinski definition) is 0. The number of nitrogens with zero attached hydrogens (tertiary/aromatic N) is 1. The second-order valence-electron chi connectivity index (χ2n) is 2.32. The molecule has 1 aromatic carbocycles. The lowest BCUT2D eigenvalue weighted by molar-refractivity contribution is 0.612. The van der Waals surface area contributed by atoms with E-state index in [1.807, 2.05) is 0 Å². The summed E-state index contributed by atoms with van der Waals surface area (Å²) >= 11 is 5.76. The van der Waals surface area contributed by atoms with E-state index in [1.165, 1.54) is 12.1 Å². The molecule has 1 rings (SSSR count). The quantitative estimate of drug-likeness (QED) is 0.586. The summed E-state index contributed by atoms with van der Waals surface area (Å²) in [5.41, 5.74) is 0.736. The summed E-state index contributed by atoms with van der Waals surface area (Å²) in [6, 6.07) is 2.67. The van der Waals surface area contributed by atoms with Gasteiger partial charge >= 0.3 is 0 Å². The van der Waals surface area contributed by atoms with E-state index in [9.17, 15) is 4.39 Å². The van der Waals surface area contributed by atoms with Crippen molar-refractivity contribution >= 4 is 17.3 Å². The van der Waals surface area contributed by atoms with Gasteiger partial charge in [-0.25, -0.2) is 9.24 Å². The molecule has 0 amide bonds. The maximum Gasteiger partial charge on any atom is 0.205 e. The van der Waals surface area contributed by atoms with E-state index in [1.54, 1.807) is 6.92 Å². The standard InChI is InChI=1S/C9H7ClFN/c1-3-6-7(11)4-5-8(12-2)9(6)10/h4-5H,3H2,1H3. The Morgan fingerprint density at radius 2 is 2.25 bits per heavy atom. The van der Waals surface area contributed by atoms with Crippen LogP contribution in [0.5, 0.6) is 0 Å². The molecule has 12 heavy (non-hydrogen) atoms. The van der Waals surface area contributed by atoms with E-state index in [-0.39, 0.29) is 10.8 Å². The van der Waals surface area contributed by atoms with Crippen molar-refractivity contribution < 1.29 is 4.39 Å². The Hall–Kier alpha value is -1.07. The smallest absolute Gasteiger partial charge is 0.205 e. The Balaban J connectivity index is 3.36. The first-order valence-corrected chi connectivity index (χ1v) is 3.92. The number of halogens is 2. The van der Waals surface area contributed by atoms with Crippen LogP contribution in [0, 0.1) is 12.4 Å². The molecule has 0 spiro atoms. The van der Waals surface area contributed by atoms with E-state index in [4.69, 9.17) is 18.2 Å². The largest absolute Gasteiger partial charge is 0.237 e. The summed E-state index contributed by atoms with van der Waals surface area (Å²) in [6.45, 7) is 8.55. The summed E-state index contributed by atoms with van der Waals surface area (Å²) in [7, 11) is 0. The van der Waals surface area contributed by atoms with Gasteiger partial charge in [0.15, 0.2) is 0 Å². The van der Waals surface area contributed by atoms with E-state index in [2.05, 4.69) is 4.85 Å². The van der Waals surface area contributed by atoms with E-state index < -0.39 is 0 Å². The Morgan fingerprint density at radius 3 is 2.75 bits per heavy atom. The number of hydrogen-bond acceptors (Lipinski definition) is 0. The Morgan fingerprint density at radius 1 is 1.58 bits per heavy atom. The van der Waals surface area contributed by atoms with Crippen LogP contribution >= 0.6 is 11.6 Å². The molecule has 0 aliphatic heterocycles. The van der Waals surface area contributed by atoms with Crippen molar-refractivity contribution in [1.82, 2.24) is 0 Å². The minimum atomic E-state index is -0.338.